The fourth-order valence-corrected chi connectivity index (χ4v) is 1.81. The molecule has 0 unspecified atom stereocenters. The molecule has 5 nitrogen and oxygen atoms in total. The molecule has 0 saturated heterocycles. The zero-order valence-electron chi connectivity index (χ0n) is 10.9. The van der Waals surface area contributed by atoms with Gasteiger partial charge in [0.2, 0.25) is 0 Å². The molecule has 0 atom stereocenters. The molecule has 1 aromatic carbocycles. The number of pyridine rings is 1. The number of hydrogen-bond donors (Lipinski definition) is 1. The van der Waals surface area contributed by atoms with Crippen LogP contribution in [-0.4, -0.2) is 9.91 Å². The molecule has 0 aliphatic rings. The average Bonchev–Trinajstić information content (AvgIpc) is 2.42. The van der Waals surface area contributed by atoms with Crippen molar-refractivity contribution in [1.29, 1.82) is 0 Å². The van der Waals surface area contributed by atoms with Gasteiger partial charge in [0.1, 0.15) is 0 Å². The predicted molar refractivity (Wildman–Crippen MR) is 69.3 cm³/mol. The number of nitrogens with one attached hydrogen (secondary N) is 1. The number of benzene rings is 1. The highest BCUT2D eigenvalue weighted by atomic mass is 19.2. The zero-order valence-corrected chi connectivity index (χ0v) is 10.9. The summed E-state index contributed by atoms with van der Waals surface area (Å²) in [6.45, 7) is 1.53. The Balaban J connectivity index is 2.23. The number of aromatic nitrogens is 1. The summed E-state index contributed by atoms with van der Waals surface area (Å²) in [6, 6.07) is 4.81. The molecule has 110 valence electrons. The third-order valence-corrected chi connectivity index (χ3v) is 2.95. The molecule has 8 heteroatoms. The molecule has 0 amide bonds. The number of anilines is 1. The fourth-order valence-electron chi connectivity index (χ4n) is 1.81. The van der Waals surface area contributed by atoms with E-state index in [-0.39, 0.29) is 12.2 Å². The Morgan fingerprint density at radius 3 is 2.67 bits per heavy atom. The molecular weight excluding hydrogens is 287 g/mol. The lowest BCUT2D eigenvalue weighted by Crippen LogP contribution is -2.08. The van der Waals surface area contributed by atoms with E-state index in [9.17, 15) is 23.3 Å². The van der Waals surface area contributed by atoms with Crippen LogP contribution in [0.15, 0.2) is 24.3 Å². The Morgan fingerprint density at radius 1 is 1.29 bits per heavy atom. The van der Waals surface area contributed by atoms with E-state index in [0.717, 1.165) is 0 Å². The van der Waals surface area contributed by atoms with Crippen molar-refractivity contribution in [2.45, 2.75) is 13.5 Å². The first-order valence-corrected chi connectivity index (χ1v) is 5.88. The fraction of sp³-hybridized carbons (Fsp3) is 0.154. The van der Waals surface area contributed by atoms with E-state index in [1.165, 1.54) is 12.1 Å². The highest BCUT2D eigenvalue weighted by molar-refractivity contribution is 5.46. The van der Waals surface area contributed by atoms with Crippen LogP contribution >= 0.6 is 0 Å². The standard InChI is InChI=1S/C13H10F3N3O2/c1-7-8(3-2-4-11(7)19(20)21)6-17-13-10(15)5-9(14)12(16)18-13/h2-5H,6H2,1H3,(H,17,18). The lowest BCUT2D eigenvalue weighted by Gasteiger charge is -2.09. The van der Waals surface area contributed by atoms with Crippen LogP contribution in [0.4, 0.5) is 24.7 Å². The van der Waals surface area contributed by atoms with E-state index in [1.807, 2.05) is 0 Å². The Kier molecular flexibility index (Phi) is 4.06. The maximum atomic E-state index is 13.4. The monoisotopic (exact) mass is 297 g/mol. The first kappa shape index (κ1) is 14.8. The van der Waals surface area contributed by atoms with Crippen LogP contribution < -0.4 is 5.32 Å². The maximum Gasteiger partial charge on any atom is 0.272 e. The minimum Gasteiger partial charge on any atom is -0.363 e. The van der Waals surface area contributed by atoms with Gasteiger partial charge in [-0.3, -0.25) is 10.1 Å². The maximum absolute atomic E-state index is 13.4. The lowest BCUT2D eigenvalue weighted by atomic mass is 10.1. The van der Waals surface area contributed by atoms with Gasteiger partial charge < -0.3 is 5.32 Å². The van der Waals surface area contributed by atoms with Crippen molar-refractivity contribution in [2.75, 3.05) is 5.32 Å². The van der Waals surface area contributed by atoms with Gasteiger partial charge in [0.05, 0.1) is 4.92 Å². The molecule has 1 N–H and O–H groups in total. The first-order valence-electron chi connectivity index (χ1n) is 5.88. The van der Waals surface area contributed by atoms with Crippen molar-refractivity contribution in [3.8, 4) is 0 Å². The minimum atomic E-state index is -1.42. The molecule has 0 bridgehead atoms. The highest BCUT2D eigenvalue weighted by Crippen LogP contribution is 2.22. The van der Waals surface area contributed by atoms with Crippen LogP contribution in [0.25, 0.3) is 0 Å². The summed E-state index contributed by atoms with van der Waals surface area (Å²) in [5.41, 5.74) is 0.848. The van der Waals surface area contributed by atoms with Crippen LogP contribution in [0.1, 0.15) is 11.1 Å². The second kappa shape index (κ2) is 5.78. The van der Waals surface area contributed by atoms with Gasteiger partial charge in [0.15, 0.2) is 17.5 Å². The van der Waals surface area contributed by atoms with Crippen LogP contribution in [0.2, 0.25) is 0 Å². The second-order valence-electron chi connectivity index (χ2n) is 4.26. The first-order chi connectivity index (χ1) is 9.90. The molecule has 0 aliphatic heterocycles. The van der Waals surface area contributed by atoms with Gasteiger partial charge >= 0.3 is 0 Å². The number of nitrogens with zero attached hydrogens (tertiary/aromatic N) is 2. The summed E-state index contributed by atoms with van der Waals surface area (Å²) in [6.07, 6.45) is 0. The van der Waals surface area contributed by atoms with E-state index in [0.29, 0.717) is 17.2 Å². The van der Waals surface area contributed by atoms with Gasteiger partial charge in [-0.25, -0.2) is 8.78 Å². The number of halogens is 3. The molecule has 0 aliphatic carbocycles. The van der Waals surface area contributed by atoms with E-state index < -0.39 is 28.3 Å². The molecule has 2 aromatic rings. The highest BCUT2D eigenvalue weighted by Gasteiger charge is 2.15. The molecule has 0 radical (unpaired) electrons. The summed E-state index contributed by atoms with van der Waals surface area (Å²) < 4.78 is 39.1. The van der Waals surface area contributed by atoms with E-state index >= 15 is 0 Å². The van der Waals surface area contributed by atoms with Crippen molar-refractivity contribution < 1.29 is 18.1 Å². The Labute approximate surface area is 117 Å². The van der Waals surface area contributed by atoms with Gasteiger partial charge in [0, 0.05) is 24.2 Å². The minimum absolute atomic E-state index is 0.0114. The Morgan fingerprint density at radius 2 is 2.00 bits per heavy atom. The summed E-state index contributed by atoms with van der Waals surface area (Å²) in [5.74, 6) is -4.31. The largest absolute Gasteiger partial charge is 0.363 e. The Hall–Kier alpha value is -2.64. The quantitative estimate of drug-likeness (QED) is 0.534. The number of nitro groups is 1. The molecule has 0 saturated carbocycles. The predicted octanol–water partition coefficient (Wildman–Crippen LogP) is 3.33. The van der Waals surface area contributed by atoms with Gasteiger partial charge in [-0.1, -0.05) is 12.1 Å². The zero-order chi connectivity index (χ0) is 15.6. The van der Waals surface area contributed by atoms with Gasteiger partial charge in [-0.05, 0) is 12.5 Å². The van der Waals surface area contributed by atoms with Crippen molar-refractivity contribution >= 4 is 11.5 Å². The van der Waals surface area contributed by atoms with E-state index in [1.54, 1.807) is 13.0 Å². The van der Waals surface area contributed by atoms with Crippen molar-refractivity contribution in [3.05, 3.63) is 63.1 Å². The van der Waals surface area contributed by atoms with E-state index in [4.69, 9.17) is 0 Å². The summed E-state index contributed by atoms with van der Waals surface area (Å²) in [7, 11) is 0. The topological polar surface area (TPSA) is 68.1 Å². The number of hydrogen-bond acceptors (Lipinski definition) is 4. The number of rotatable bonds is 4. The molecule has 0 fully saturated rings. The van der Waals surface area contributed by atoms with Gasteiger partial charge in [-0.2, -0.15) is 9.37 Å². The molecule has 2 rings (SSSR count). The smallest absolute Gasteiger partial charge is 0.272 e. The summed E-state index contributed by atoms with van der Waals surface area (Å²) in [5, 5.41) is 13.3. The number of nitro benzene ring substituents is 1. The Bertz CT molecular complexity index is 707. The van der Waals surface area contributed by atoms with Crippen LogP contribution in [0.3, 0.4) is 0 Å². The molecule has 0 spiro atoms. The van der Waals surface area contributed by atoms with Gasteiger partial charge in [0.25, 0.3) is 11.6 Å². The van der Waals surface area contributed by atoms with Crippen molar-refractivity contribution in [2.24, 2.45) is 0 Å². The van der Waals surface area contributed by atoms with Crippen LogP contribution in [0.5, 0.6) is 0 Å². The molecule has 1 aromatic heterocycles. The third kappa shape index (κ3) is 3.10. The average molecular weight is 297 g/mol. The van der Waals surface area contributed by atoms with Crippen molar-refractivity contribution in [1.82, 2.24) is 4.98 Å². The second-order valence-corrected chi connectivity index (χ2v) is 4.26. The molecule has 21 heavy (non-hydrogen) atoms. The lowest BCUT2D eigenvalue weighted by molar-refractivity contribution is -0.385. The third-order valence-electron chi connectivity index (χ3n) is 2.95. The normalized spacial score (nSPS) is 10.5. The summed E-state index contributed by atoms with van der Waals surface area (Å²) in [4.78, 5) is 13.4. The molecular formula is C13H10F3N3O2. The van der Waals surface area contributed by atoms with Crippen LogP contribution in [-0.2, 0) is 6.54 Å². The van der Waals surface area contributed by atoms with Gasteiger partial charge in [-0.15, -0.1) is 0 Å². The van der Waals surface area contributed by atoms with Crippen LogP contribution in [0, 0.1) is 34.6 Å². The SMILES string of the molecule is Cc1c(CNc2nc(F)c(F)cc2F)cccc1[N+](=O)[O-]. The van der Waals surface area contributed by atoms with E-state index in [2.05, 4.69) is 10.3 Å². The molecule has 1 heterocycles. The summed E-state index contributed by atoms with van der Waals surface area (Å²) >= 11 is 0. The van der Waals surface area contributed by atoms with Crippen molar-refractivity contribution in [3.63, 3.8) is 0 Å².